The van der Waals surface area contributed by atoms with Crippen LogP contribution in [-0.4, -0.2) is 19.0 Å². The Bertz CT molecular complexity index is 495. The van der Waals surface area contributed by atoms with Gasteiger partial charge in [0.05, 0.1) is 19.6 Å². The van der Waals surface area contributed by atoms with Crippen LogP contribution in [0.1, 0.15) is 36.9 Å². The molecular weight excluding hydrogens is 254 g/mol. The molecule has 20 heavy (non-hydrogen) atoms. The number of amides is 1. The second-order valence-corrected chi connectivity index (χ2v) is 5.57. The third kappa shape index (κ3) is 3.59. The van der Waals surface area contributed by atoms with Crippen LogP contribution < -0.4 is 5.32 Å². The summed E-state index contributed by atoms with van der Waals surface area (Å²) in [4.78, 5) is 23.6. The van der Waals surface area contributed by atoms with Crippen LogP contribution in [0.3, 0.4) is 0 Å². The van der Waals surface area contributed by atoms with Gasteiger partial charge in [-0.2, -0.15) is 0 Å². The van der Waals surface area contributed by atoms with Crippen molar-refractivity contribution in [2.45, 2.75) is 32.7 Å². The summed E-state index contributed by atoms with van der Waals surface area (Å²) >= 11 is 0. The van der Waals surface area contributed by atoms with Crippen LogP contribution in [0.2, 0.25) is 0 Å². The first-order valence-electron chi connectivity index (χ1n) is 6.95. The summed E-state index contributed by atoms with van der Waals surface area (Å²) in [6.07, 6.45) is 1.09. The highest BCUT2D eigenvalue weighted by atomic mass is 16.5. The Morgan fingerprint density at radius 2 is 1.95 bits per heavy atom. The highest BCUT2D eigenvalue weighted by Gasteiger charge is 2.40. The molecule has 1 aliphatic rings. The Kier molecular flexibility index (Phi) is 4.42. The largest absolute Gasteiger partial charge is 0.469 e. The SMILES string of the molecule is COC(=O)C[C@H](NC(=O)[C@@H]1C[C@@H]1C)c1ccc(C)cc1. The Morgan fingerprint density at radius 1 is 1.35 bits per heavy atom. The fraction of sp³-hybridized carbons (Fsp3) is 0.500. The lowest BCUT2D eigenvalue weighted by Crippen LogP contribution is -2.31. The predicted molar refractivity (Wildman–Crippen MR) is 76.0 cm³/mol. The van der Waals surface area contributed by atoms with E-state index in [9.17, 15) is 9.59 Å². The van der Waals surface area contributed by atoms with Crippen LogP contribution in [0.5, 0.6) is 0 Å². The Hall–Kier alpha value is -1.84. The number of aryl methyl sites for hydroxylation is 1. The maximum Gasteiger partial charge on any atom is 0.307 e. The van der Waals surface area contributed by atoms with Crippen molar-refractivity contribution in [3.8, 4) is 0 Å². The van der Waals surface area contributed by atoms with E-state index in [-0.39, 0.29) is 30.3 Å². The third-order valence-electron chi connectivity index (χ3n) is 3.84. The summed E-state index contributed by atoms with van der Waals surface area (Å²) in [5, 5.41) is 2.97. The molecule has 0 heterocycles. The average molecular weight is 275 g/mol. The molecule has 0 saturated heterocycles. The van der Waals surface area contributed by atoms with E-state index in [2.05, 4.69) is 12.2 Å². The van der Waals surface area contributed by atoms with Crippen molar-refractivity contribution in [2.24, 2.45) is 11.8 Å². The van der Waals surface area contributed by atoms with E-state index < -0.39 is 0 Å². The standard InChI is InChI=1S/C16H21NO3/c1-10-4-6-12(7-5-10)14(9-15(18)20-3)17-16(19)13-8-11(13)2/h4-7,11,13-14H,8-9H2,1-3H3,(H,17,19)/t11-,13+,14-/m0/s1. The number of hydrogen-bond donors (Lipinski definition) is 1. The Labute approximate surface area is 119 Å². The number of carbonyl (C=O) groups excluding carboxylic acids is 2. The van der Waals surface area contributed by atoms with Gasteiger partial charge in [0.15, 0.2) is 0 Å². The molecule has 1 aliphatic carbocycles. The van der Waals surface area contributed by atoms with Gasteiger partial charge in [-0.3, -0.25) is 9.59 Å². The highest BCUT2D eigenvalue weighted by Crippen LogP contribution is 2.38. The molecule has 0 bridgehead atoms. The lowest BCUT2D eigenvalue weighted by molar-refractivity contribution is -0.141. The van der Waals surface area contributed by atoms with Gasteiger partial charge in [0.25, 0.3) is 0 Å². The quantitative estimate of drug-likeness (QED) is 0.839. The molecule has 1 aromatic rings. The Morgan fingerprint density at radius 3 is 2.45 bits per heavy atom. The van der Waals surface area contributed by atoms with Gasteiger partial charge in [0.2, 0.25) is 5.91 Å². The van der Waals surface area contributed by atoms with Crippen LogP contribution in [0, 0.1) is 18.8 Å². The van der Waals surface area contributed by atoms with Crippen molar-refractivity contribution < 1.29 is 14.3 Å². The minimum absolute atomic E-state index is 0.0342. The van der Waals surface area contributed by atoms with Gasteiger partial charge in [0.1, 0.15) is 0 Å². The van der Waals surface area contributed by atoms with Crippen molar-refractivity contribution in [1.82, 2.24) is 5.32 Å². The Balaban J connectivity index is 2.09. The van der Waals surface area contributed by atoms with Crippen LogP contribution in [-0.2, 0) is 14.3 Å². The summed E-state index contributed by atoms with van der Waals surface area (Å²) in [5.41, 5.74) is 2.08. The first kappa shape index (κ1) is 14.6. The van der Waals surface area contributed by atoms with Gasteiger partial charge in [-0.1, -0.05) is 36.8 Å². The van der Waals surface area contributed by atoms with Crippen LogP contribution in [0.4, 0.5) is 0 Å². The summed E-state index contributed by atoms with van der Waals surface area (Å²) in [7, 11) is 1.36. The molecule has 2 rings (SSSR count). The number of methoxy groups -OCH3 is 1. The molecule has 1 saturated carbocycles. The number of nitrogens with one attached hydrogen (secondary N) is 1. The molecule has 1 N–H and O–H groups in total. The maximum atomic E-state index is 12.1. The zero-order valence-corrected chi connectivity index (χ0v) is 12.2. The van der Waals surface area contributed by atoms with E-state index in [1.165, 1.54) is 7.11 Å². The molecule has 1 fully saturated rings. The number of benzene rings is 1. The molecule has 4 nitrogen and oxygen atoms in total. The lowest BCUT2D eigenvalue weighted by atomic mass is 10.0. The zero-order valence-electron chi connectivity index (χ0n) is 12.2. The second-order valence-electron chi connectivity index (χ2n) is 5.57. The normalized spacial score (nSPS) is 21.9. The van der Waals surface area contributed by atoms with Crippen LogP contribution >= 0.6 is 0 Å². The van der Waals surface area contributed by atoms with E-state index in [1.807, 2.05) is 31.2 Å². The minimum atomic E-state index is -0.320. The summed E-state index contributed by atoms with van der Waals surface area (Å²) in [6.45, 7) is 4.06. The van der Waals surface area contributed by atoms with Crippen LogP contribution in [0.25, 0.3) is 0 Å². The summed E-state index contributed by atoms with van der Waals surface area (Å²) in [6, 6.07) is 7.53. The third-order valence-corrected chi connectivity index (χ3v) is 3.84. The number of carbonyl (C=O) groups is 2. The van der Waals surface area contributed by atoms with E-state index in [0.717, 1.165) is 17.5 Å². The average Bonchev–Trinajstić information content (AvgIpc) is 3.16. The number of ether oxygens (including phenoxy) is 1. The van der Waals surface area contributed by atoms with Gasteiger partial charge in [0, 0.05) is 5.92 Å². The maximum absolute atomic E-state index is 12.1. The molecular formula is C16H21NO3. The molecule has 0 aromatic heterocycles. The molecule has 108 valence electrons. The van der Waals surface area contributed by atoms with Crippen molar-refractivity contribution >= 4 is 11.9 Å². The molecule has 4 heteroatoms. The molecule has 0 spiro atoms. The van der Waals surface area contributed by atoms with Crippen molar-refractivity contribution in [3.05, 3.63) is 35.4 Å². The van der Waals surface area contributed by atoms with E-state index in [4.69, 9.17) is 4.74 Å². The highest BCUT2D eigenvalue weighted by molar-refractivity contribution is 5.82. The number of esters is 1. The van der Waals surface area contributed by atoms with Crippen molar-refractivity contribution in [2.75, 3.05) is 7.11 Å². The smallest absolute Gasteiger partial charge is 0.307 e. The van der Waals surface area contributed by atoms with E-state index >= 15 is 0 Å². The van der Waals surface area contributed by atoms with Crippen molar-refractivity contribution in [1.29, 1.82) is 0 Å². The van der Waals surface area contributed by atoms with Gasteiger partial charge in [-0.15, -0.1) is 0 Å². The molecule has 3 atom stereocenters. The van der Waals surface area contributed by atoms with E-state index in [1.54, 1.807) is 0 Å². The van der Waals surface area contributed by atoms with Gasteiger partial charge in [-0.05, 0) is 24.8 Å². The predicted octanol–water partition coefficient (Wildman–Crippen LogP) is 2.37. The summed E-state index contributed by atoms with van der Waals surface area (Å²) in [5.74, 6) is 0.263. The van der Waals surface area contributed by atoms with Crippen molar-refractivity contribution in [3.63, 3.8) is 0 Å². The van der Waals surface area contributed by atoms with Gasteiger partial charge in [-0.25, -0.2) is 0 Å². The molecule has 0 unspecified atom stereocenters. The fourth-order valence-electron chi connectivity index (χ4n) is 2.27. The number of hydrogen-bond acceptors (Lipinski definition) is 3. The molecule has 1 aromatic carbocycles. The van der Waals surface area contributed by atoms with E-state index in [0.29, 0.717) is 5.92 Å². The monoisotopic (exact) mass is 275 g/mol. The zero-order chi connectivity index (χ0) is 14.7. The molecule has 0 radical (unpaired) electrons. The first-order valence-corrected chi connectivity index (χ1v) is 6.95. The minimum Gasteiger partial charge on any atom is -0.469 e. The molecule has 1 amide bonds. The second kappa shape index (κ2) is 6.07. The van der Waals surface area contributed by atoms with Crippen LogP contribution in [0.15, 0.2) is 24.3 Å². The topological polar surface area (TPSA) is 55.4 Å². The van der Waals surface area contributed by atoms with Gasteiger partial charge < -0.3 is 10.1 Å². The number of rotatable bonds is 5. The molecule has 0 aliphatic heterocycles. The summed E-state index contributed by atoms with van der Waals surface area (Å²) < 4.78 is 4.71. The fourth-order valence-corrected chi connectivity index (χ4v) is 2.27. The first-order chi connectivity index (χ1) is 9.51. The lowest BCUT2D eigenvalue weighted by Gasteiger charge is -2.18. The van der Waals surface area contributed by atoms with Gasteiger partial charge >= 0.3 is 5.97 Å².